The van der Waals surface area contributed by atoms with E-state index in [4.69, 9.17) is 11.6 Å². The van der Waals surface area contributed by atoms with Gasteiger partial charge in [-0.3, -0.25) is 4.79 Å². The SMILES string of the molecule is Cc1ccc(S(=O)(=O)N(C)C)cc1NC(=O)C1(c2cccc(Cl)c2)CCCCC1. The van der Waals surface area contributed by atoms with Crippen molar-refractivity contribution in [1.29, 1.82) is 0 Å². The van der Waals surface area contributed by atoms with Gasteiger partial charge in [-0.15, -0.1) is 0 Å². The van der Waals surface area contributed by atoms with Gasteiger partial charge in [0.25, 0.3) is 0 Å². The second-order valence-electron chi connectivity index (χ2n) is 7.87. The Morgan fingerprint density at radius 3 is 2.38 bits per heavy atom. The third-order valence-corrected chi connectivity index (χ3v) is 7.80. The first-order chi connectivity index (χ1) is 13.7. The van der Waals surface area contributed by atoms with Crippen LogP contribution in [0.3, 0.4) is 0 Å². The number of benzene rings is 2. The maximum atomic E-state index is 13.5. The van der Waals surface area contributed by atoms with Crippen molar-refractivity contribution >= 4 is 33.2 Å². The van der Waals surface area contributed by atoms with Crippen LogP contribution < -0.4 is 5.32 Å². The van der Waals surface area contributed by atoms with Crippen molar-refractivity contribution < 1.29 is 13.2 Å². The fourth-order valence-corrected chi connectivity index (χ4v) is 5.06. The Kier molecular flexibility index (Phi) is 6.36. The molecule has 3 rings (SSSR count). The number of amides is 1. The van der Waals surface area contributed by atoms with Gasteiger partial charge in [0.1, 0.15) is 0 Å². The summed E-state index contributed by atoms with van der Waals surface area (Å²) in [5.41, 5.74) is 1.58. The fourth-order valence-electron chi connectivity index (χ4n) is 3.94. The van der Waals surface area contributed by atoms with E-state index in [1.165, 1.54) is 20.2 Å². The molecule has 0 radical (unpaired) electrons. The zero-order valence-electron chi connectivity index (χ0n) is 17.0. The van der Waals surface area contributed by atoms with Crippen LogP contribution in [0, 0.1) is 6.92 Å². The molecule has 1 aliphatic carbocycles. The minimum absolute atomic E-state index is 0.109. The van der Waals surface area contributed by atoms with Crippen LogP contribution in [0.15, 0.2) is 47.4 Å². The van der Waals surface area contributed by atoms with Gasteiger partial charge in [-0.1, -0.05) is 49.1 Å². The highest BCUT2D eigenvalue weighted by Crippen LogP contribution is 2.41. The predicted molar refractivity (Wildman–Crippen MR) is 117 cm³/mol. The third kappa shape index (κ3) is 4.34. The molecule has 0 spiro atoms. The monoisotopic (exact) mass is 434 g/mol. The minimum atomic E-state index is -3.59. The lowest BCUT2D eigenvalue weighted by Crippen LogP contribution is -2.42. The Bertz CT molecular complexity index is 1010. The van der Waals surface area contributed by atoms with Crippen LogP contribution in [0.5, 0.6) is 0 Å². The summed E-state index contributed by atoms with van der Waals surface area (Å²) in [5, 5.41) is 3.63. The third-order valence-electron chi connectivity index (χ3n) is 5.75. The molecule has 1 saturated carbocycles. The lowest BCUT2D eigenvalue weighted by Gasteiger charge is -2.36. The van der Waals surface area contributed by atoms with E-state index in [-0.39, 0.29) is 10.8 Å². The number of halogens is 1. The molecule has 29 heavy (non-hydrogen) atoms. The van der Waals surface area contributed by atoms with Crippen LogP contribution in [0.1, 0.15) is 43.2 Å². The normalized spacial score (nSPS) is 16.6. The Labute approximate surface area is 178 Å². The fraction of sp³-hybridized carbons (Fsp3) is 0.409. The maximum absolute atomic E-state index is 13.5. The van der Waals surface area contributed by atoms with Gasteiger partial charge in [0, 0.05) is 24.8 Å². The highest BCUT2D eigenvalue weighted by Gasteiger charge is 2.41. The molecule has 0 heterocycles. The molecule has 0 bridgehead atoms. The largest absolute Gasteiger partial charge is 0.325 e. The standard InChI is InChI=1S/C22H27ClN2O3S/c1-16-10-11-19(29(27,28)25(2)3)15-20(16)24-21(26)22(12-5-4-6-13-22)17-8-7-9-18(23)14-17/h7-11,14-15H,4-6,12-13H2,1-3H3,(H,24,26). The van der Waals surface area contributed by atoms with Crippen LogP contribution in [0.25, 0.3) is 0 Å². The highest BCUT2D eigenvalue weighted by molar-refractivity contribution is 7.89. The molecule has 0 unspecified atom stereocenters. The second kappa shape index (κ2) is 8.46. The first kappa shape index (κ1) is 21.8. The number of hydrogen-bond donors (Lipinski definition) is 1. The Morgan fingerprint density at radius 1 is 1.07 bits per heavy atom. The van der Waals surface area contributed by atoms with Gasteiger partial charge in [0.15, 0.2) is 0 Å². The molecular weight excluding hydrogens is 408 g/mol. The number of anilines is 1. The number of rotatable bonds is 5. The van der Waals surface area contributed by atoms with E-state index in [0.717, 1.165) is 47.5 Å². The number of nitrogens with zero attached hydrogens (tertiary/aromatic N) is 1. The minimum Gasteiger partial charge on any atom is -0.325 e. The summed E-state index contributed by atoms with van der Waals surface area (Å²) in [4.78, 5) is 13.7. The van der Waals surface area contributed by atoms with Gasteiger partial charge in [-0.2, -0.15) is 0 Å². The van der Waals surface area contributed by atoms with Gasteiger partial charge in [-0.05, 0) is 55.2 Å². The van der Waals surface area contributed by atoms with Crippen LogP contribution in [-0.4, -0.2) is 32.7 Å². The number of sulfonamides is 1. The van der Waals surface area contributed by atoms with Crippen LogP contribution in [0.2, 0.25) is 5.02 Å². The maximum Gasteiger partial charge on any atom is 0.242 e. The zero-order chi connectivity index (χ0) is 21.2. The zero-order valence-corrected chi connectivity index (χ0v) is 18.6. The lowest BCUT2D eigenvalue weighted by molar-refractivity contribution is -0.122. The Morgan fingerprint density at radius 2 is 1.76 bits per heavy atom. The smallest absolute Gasteiger partial charge is 0.242 e. The first-order valence-electron chi connectivity index (χ1n) is 9.77. The summed E-state index contributed by atoms with van der Waals surface area (Å²) in [6, 6.07) is 12.3. The Balaban J connectivity index is 1.99. The second-order valence-corrected chi connectivity index (χ2v) is 10.5. The Hall–Kier alpha value is -1.89. The number of aryl methyl sites for hydroxylation is 1. The summed E-state index contributed by atoms with van der Waals surface area (Å²) in [6.07, 6.45) is 4.52. The molecule has 2 aromatic rings. The lowest BCUT2D eigenvalue weighted by atomic mass is 9.68. The average Bonchev–Trinajstić information content (AvgIpc) is 2.69. The molecule has 1 aliphatic rings. The quantitative estimate of drug-likeness (QED) is 0.739. The molecule has 7 heteroatoms. The molecule has 5 nitrogen and oxygen atoms in total. The van der Waals surface area contributed by atoms with Crippen molar-refractivity contribution in [3.8, 4) is 0 Å². The molecule has 0 aliphatic heterocycles. The van der Waals surface area contributed by atoms with Crippen LogP contribution in [0.4, 0.5) is 5.69 Å². The van der Waals surface area contributed by atoms with E-state index in [1.54, 1.807) is 18.2 Å². The summed E-state index contributed by atoms with van der Waals surface area (Å²) >= 11 is 6.21. The van der Waals surface area contributed by atoms with Gasteiger partial charge in [0.05, 0.1) is 10.3 Å². The van der Waals surface area contributed by atoms with Gasteiger partial charge >= 0.3 is 0 Å². The number of carbonyl (C=O) groups excluding carboxylic acids is 1. The number of carbonyl (C=O) groups is 1. The van der Waals surface area contributed by atoms with E-state index >= 15 is 0 Å². The van der Waals surface area contributed by atoms with E-state index in [1.807, 2.05) is 25.1 Å². The molecule has 1 N–H and O–H groups in total. The summed E-state index contributed by atoms with van der Waals surface area (Å²) in [7, 11) is -0.606. The average molecular weight is 435 g/mol. The van der Waals surface area contributed by atoms with Crippen LogP contribution in [-0.2, 0) is 20.2 Å². The van der Waals surface area contributed by atoms with Gasteiger partial charge in [-0.25, -0.2) is 12.7 Å². The van der Waals surface area contributed by atoms with Crippen molar-refractivity contribution in [2.24, 2.45) is 0 Å². The molecule has 2 aromatic carbocycles. The van der Waals surface area contributed by atoms with Crippen molar-refractivity contribution in [2.75, 3.05) is 19.4 Å². The van der Waals surface area contributed by atoms with Crippen molar-refractivity contribution in [1.82, 2.24) is 4.31 Å². The molecule has 1 amide bonds. The first-order valence-corrected chi connectivity index (χ1v) is 11.6. The topological polar surface area (TPSA) is 66.5 Å². The van der Waals surface area contributed by atoms with Crippen molar-refractivity contribution in [3.63, 3.8) is 0 Å². The number of hydrogen-bond acceptors (Lipinski definition) is 3. The van der Waals surface area contributed by atoms with Gasteiger partial charge in [0.2, 0.25) is 15.9 Å². The van der Waals surface area contributed by atoms with Crippen molar-refractivity contribution in [3.05, 3.63) is 58.6 Å². The van der Waals surface area contributed by atoms with Crippen LogP contribution >= 0.6 is 11.6 Å². The predicted octanol–water partition coefficient (Wildman–Crippen LogP) is 4.74. The summed E-state index contributed by atoms with van der Waals surface area (Å²) < 4.78 is 26.2. The van der Waals surface area contributed by atoms with E-state index in [0.29, 0.717) is 10.7 Å². The molecule has 0 saturated heterocycles. The molecular formula is C22H27ClN2O3S. The van der Waals surface area contributed by atoms with Crippen molar-refractivity contribution in [2.45, 2.75) is 49.3 Å². The van der Waals surface area contributed by atoms with Gasteiger partial charge < -0.3 is 5.32 Å². The molecule has 1 fully saturated rings. The number of nitrogens with one attached hydrogen (secondary N) is 1. The summed E-state index contributed by atoms with van der Waals surface area (Å²) in [6.45, 7) is 1.86. The molecule has 0 atom stereocenters. The highest BCUT2D eigenvalue weighted by atomic mass is 35.5. The molecule has 0 aromatic heterocycles. The van der Waals surface area contributed by atoms with E-state index in [9.17, 15) is 13.2 Å². The summed E-state index contributed by atoms with van der Waals surface area (Å²) in [5.74, 6) is -0.109. The molecule has 156 valence electrons. The van der Waals surface area contributed by atoms with E-state index in [2.05, 4.69) is 5.32 Å². The van der Waals surface area contributed by atoms with E-state index < -0.39 is 15.4 Å².